The first-order valence-corrected chi connectivity index (χ1v) is 10.7. The molecule has 0 radical (unpaired) electrons. The third-order valence-electron chi connectivity index (χ3n) is 3.85. The molecule has 6 nitrogen and oxygen atoms in total. The highest BCUT2D eigenvalue weighted by molar-refractivity contribution is 7.93. The summed E-state index contributed by atoms with van der Waals surface area (Å²) in [6.07, 6.45) is 0. The minimum atomic E-state index is -3.73. The van der Waals surface area contributed by atoms with Gasteiger partial charge in [0, 0.05) is 11.1 Å². The molecule has 2 aromatic carbocycles. The first kappa shape index (κ1) is 19.1. The number of rotatable bonds is 6. The molecule has 0 aliphatic rings. The zero-order chi connectivity index (χ0) is 19.4. The molecule has 1 heterocycles. The number of hydrogen-bond acceptors (Lipinski definition) is 5. The first-order valence-electron chi connectivity index (χ1n) is 8.30. The lowest BCUT2D eigenvalue weighted by Crippen LogP contribution is -2.14. The second-order valence-corrected chi connectivity index (χ2v) is 8.73. The molecule has 1 aromatic heterocycles. The van der Waals surface area contributed by atoms with Gasteiger partial charge in [0.15, 0.2) is 5.13 Å². The van der Waals surface area contributed by atoms with E-state index < -0.39 is 15.9 Å². The van der Waals surface area contributed by atoms with Gasteiger partial charge in [0.05, 0.1) is 4.90 Å². The number of thiazole rings is 1. The van der Waals surface area contributed by atoms with Crippen LogP contribution in [-0.4, -0.2) is 19.3 Å². The Morgan fingerprint density at radius 3 is 2.33 bits per heavy atom. The molecular formula is C19H19N3O3S2. The fourth-order valence-electron chi connectivity index (χ4n) is 2.34. The van der Waals surface area contributed by atoms with Crippen molar-refractivity contribution in [1.82, 2.24) is 4.98 Å². The molecule has 0 unspecified atom stereocenters. The summed E-state index contributed by atoms with van der Waals surface area (Å²) < 4.78 is 27.0. The maximum absolute atomic E-state index is 12.3. The topological polar surface area (TPSA) is 88.2 Å². The lowest BCUT2D eigenvalue weighted by Gasteiger charge is -2.07. The summed E-state index contributed by atoms with van der Waals surface area (Å²) in [5.74, 6) is 0.0159. The number of sulfonamides is 1. The summed E-state index contributed by atoms with van der Waals surface area (Å²) >= 11 is 1.05. The summed E-state index contributed by atoms with van der Waals surface area (Å²) in [6, 6.07) is 15.6. The van der Waals surface area contributed by atoms with Crippen LogP contribution in [0.15, 0.2) is 64.9 Å². The maximum Gasteiger partial charge on any atom is 0.275 e. The fraction of sp³-hybridized carbons (Fsp3) is 0.158. The van der Waals surface area contributed by atoms with Gasteiger partial charge in [0.1, 0.15) is 5.69 Å². The van der Waals surface area contributed by atoms with Crippen molar-refractivity contribution in [2.75, 3.05) is 10.0 Å². The Labute approximate surface area is 162 Å². The van der Waals surface area contributed by atoms with Crippen LogP contribution in [0.4, 0.5) is 10.8 Å². The van der Waals surface area contributed by atoms with E-state index in [-0.39, 0.29) is 15.7 Å². The number of carbonyl (C=O) groups is 1. The molecule has 0 fully saturated rings. The maximum atomic E-state index is 12.3. The number of hydrogen-bond donors (Lipinski definition) is 2. The minimum absolute atomic E-state index is 0.136. The van der Waals surface area contributed by atoms with E-state index in [2.05, 4.69) is 28.9 Å². The first-order chi connectivity index (χ1) is 12.8. The van der Waals surface area contributed by atoms with Gasteiger partial charge in [-0.05, 0) is 35.7 Å². The van der Waals surface area contributed by atoms with Crippen LogP contribution in [-0.2, 0) is 10.0 Å². The Balaban J connectivity index is 1.69. The third-order valence-corrected chi connectivity index (χ3v) is 6.09. The van der Waals surface area contributed by atoms with Gasteiger partial charge >= 0.3 is 0 Å². The predicted molar refractivity (Wildman–Crippen MR) is 108 cm³/mol. The molecular weight excluding hydrogens is 382 g/mol. The van der Waals surface area contributed by atoms with E-state index in [0.29, 0.717) is 11.6 Å². The van der Waals surface area contributed by atoms with E-state index >= 15 is 0 Å². The van der Waals surface area contributed by atoms with Crippen molar-refractivity contribution < 1.29 is 13.2 Å². The minimum Gasteiger partial charge on any atom is -0.321 e. The van der Waals surface area contributed by atoms with Gasteiger partial charge in [0.2, 0.25) is 0 Å². The van der Waals surface area contributed by atoms with Crippen LogP contribution in [0.2, 0.25) is 0 Å². The second-order valence-electron chi connectivity index (χ2n) is 6.19. The summed E-state index contributed by atoms with van der Waals surface area (Å²) in [4.78, 5) is 16.6. The van der Waals surface area contributed by atoms with Crippen molar-refractivity contribution in [2.24, 2.45) is 0 Å². The zero-order valence-electron chi connectivity index (χ0n) is 14.8. The molecule has 0 bridgehead atoms. The fourth-order valence-corrected chi connectivity index (χ4v) is 4.31. The molecule has 8 heteroatoms. The molecule has 3 aromatic rings. The van der Waals surface area contributed by atoms with Crippen molar-refractivity contribution in [3.63, 3.8) is 0 Å². The summed E-state index contributed by atoms with van der Waals surface area (Å²) in [6.45, 7) is 4.20. The Bertz CT molecular complexity index is 1030. The third kappa shape index (κ3) is 4.72. The van der Waals surface area contributed by atoms with Crippen LogP contribution in [0.1, 0.15) is 35.8 Å². The largest absolute Gasteiger partial charge is 0.321 e. The quantitative estimate of drug-likeness (QED) is 0.644. The van der Waals surface area contributed by atoms with Gasteiger partial charge < -0.3 is 5.32 Å². The van der Waals surface area contributed by atoms with Crippen molar-refractivity contribution in [3.8, 4) is 0 Å². The Morgan fingerprint density at radius 2 is 1.70 bits per heavy atom. The number of anilines is 2. The normalized spacial score (nSPS) is 11.4. The SMILES string of the molecule is CC(C)c1ccc(NC(=O)c2csc(NS(=O)(=O)c3ccccc3)n2)cc1. The monoisotopic (exact) mass is 401 g/mol. The Kier molecular flexibility index (Phi) is 5.57. The van der Waals surface area contributed by atoms with Crippen molar-refractivity contribution in [1.29, 1.82) is 0 Å². The molecule has 0 saturated carbocycles. The van der Waals surface area contributed by atoms with Gasteiger partial charge in [-0.3, -0.25) is 9.52 Å². The van der Waals surface area contributed by atoms with Gasteiger partial charge in [-0.1, -0.05) is 44.2 Å². The summed E-state index contributed by atoms with van der Waals surface area (Å²) in [5, 5.41) is 4.41. The van der Waals surface area contributed by atoms with Gasteiger partial charge in [0.25, 0.3) is 15.9 Å². The number of benzene rings is 2. The summed E-state index contributed by atoms with van der Waals surface area (Å²) in [5.41, 5.74) is 1.99. The van der Waals surface area contributed by atoms with Gasteiger partial charge in [-0.2, -0.15) is 0 Å². The molecule has 0 saturated heterocycles. The summed E-state index contributed by atoms with van der Waals surface area (Å²) in [7, 11) is -3.73. The second kappa shape index (κ2) is 7.89. The van der Waals surface area contributed by atoms with E-state index in [1.807, 2.05) is 24.3 Å². The number of amides is 1. The number of nitrogens with zero attached hydrogens (tertiary/aromatic N) is 1. The predicted octanol–water partition coefficient (Wildman–Crippen LogP) is 4.32. The van der Waals surface area contributed by atoms with E-state index in [1.165, 1.54) is 23.1 Å². The van der Waals surface area contributed by atoms with Crippen molar-refractivity contribution >= 4 is 38.1 Å². The number of carbonyl (C=O) groups excluding carboxylic acids is 1. The van der Waals surface area contributed by atoms with Crippen LogP contribution in [0.25, 0.3) is 0 Å². The highest BCUT2D eigenvalue weighted by Crippen LogP contribution is 2.22. The lowest BCUT2D eigenvalue weighted by molar-refractivity contribution is 0.102. The van der Waals surface area contributed by atoms with Crippen molar-refractivity contribution in [2.45, 2.75) is 24.7 Å². The molecule has 27 heavy (non-hydrogen) atoms. The highest BCUT2D eigenvalue weighted by Gasteiger charge is 2.17. The molecule has 3 rings (SSSR count). The van der Waals surface area contributed by atoms with Crippen LogP contribution in [0.3, 0.4) is 0 Å². The van der Waals surface area contributed by atoms with E-state index in [9.17, 15) is 13.2 Å². The van der Waals surface area contributed by atoms with Crippen LogP contribution in [0.5, 0.6) is 0 Å². The van der Waals surface area contributed by atoms with Crippen molar-refractivity contribution in [3.05, 3.63) is 71.2 Å². The molecule has 0 aliphatic heterocycles. The van der Waals surface area contributed by atoms with Crippen LogP contribution in [0, 0.1) is 0 Å². The molecule has 0 spiro atoms. The Hall–Kier alpha value is -2.71. The van der Waals surface area contributed by atoms with Crippen LogP contribution >= 0.6 is 11.3 Å². The van der Waals surface area contributed by atoms with Gasteiger partial charge in [-0.25, -0.2) is 13.4 Å². The molecule has 140 valence electrons. The zero-order valence-corrected chi connectivity index (χ0v) is 16.5. The Morgan fingerprint density at radius 1 is 1.04 bits per heavy atom. The highest BCUT2D eigenvalue weighted by atomic mass is 32.2. The molecule has 0 aliphatic carbocycles. The van der Waals surface area contributed by atoms with Gasteiger partial charge in [-0.15, -0.1) is 11.3 Å². The standard InChI is InChI=1S/C19H19N3O3S2/c1-13(2)14-8-10-15(11-9-14)20-18(23)17-12-26-19(21-17)22-27(24,25)16-6-4-3-5-7-16/h3-13H,1-2H3,(H,20,23)(H,21,22). The molecule has 0 atom stereocenters. The van der Waals surface area contributed by atoms with E-state index in [1.54, 1.807) is 18.2 Å². The molecule has 1 amide bonds. The average molecular weight is 402 g/mol. The van der Waals surface area contributed by atoms with E-state index in [4.69, 9.17) is 0 Å². The smallest absolute Gasteiger partial charge is 0.275 e. The van der Waals surface area contributed by atoms with E-state index in [0.717, 1.165) is 11.3 Å². The van der Waals surface area contributed by atoms with Crippen LogP contribution < -0.4 is 10.0 Å². The molecule has 2 N–H and O–H groups in total. The number of aromatic nitrogens is 1. The lowest BCUT2D eigenvalue weighted by atomic mass is 10.0. The number of nitrogens with one attached hydrogen (secondary N) is 2. The average Bonchev–Trinajstić information content (AvgIpc) is 3.11.